The van der Waals surface area contributed by atoms with Crippen LogP contribution in [-0.2, 0) is 14.9 Å². The van der Waals surface area contributed by atoms with Crippen molar-refractivity contribution in [2.24, 2.45) is 0 Å². The highest BCUT2D eigenvalue weighted by Crippen LogP contribution is 2.37. The molecule has 2 aromatic rings. The van der Waals surface area contributed by atoms with Crippen LogP contribution < -0.4 is 0 Å². The minimum atomic E-state index is -0.467. The Morgan fingerprint density at radius 1 is 0.970 bits per heavy atom. The minimum Gasteiger partial charge on any atom is -0.462 e. The number of hydrogen-bond acceptors (Lipinski definition) is 4. The Kier molecular flexibility index (Phi) is 9.51. The molecule has 5 nitrogen and oxygen atoms in total. The van der Waals surface area contributed by atoms with E-state index in [1.165, 1.54) is 0 Å². The summed E-state index contributed by atoms with van der Waals surface area (Å²) in [7, 11) is 0. The predicted molar refractivity (Wildman–Crippen MR) is 133 cm³/mol. The molecule has 5 heteroatoms. The van der Waals surface area contributed by atoms with Crippen molar-refractivity contribution in [3.63, 3.8) is 0 Å². The molecule has 2 aromatic carbocycles. The fraction of sp³-hybridized carbons (Fsp3) is 0.500. The van der Waals surface area contributed by atoms with E-state index in [0.717, 1.165) is 35.1 Å². The van der Waals surface area contributed by atoms with E-state index < -0.39 is 6.04 Å². The van der Waals surface area contributed by atoms with Crippen LogP contribution in [0.4, 0.5) is 4.79 Å². The molecule has 0 N–H and O–H groups in total. The number of carbonyl (C=O) groups is 2. The van der Waals surface area contributed by atoms with E-state index in [-0.39, 0.29) is 30.7 Å². The van der Waals surface area contributed by atoms with Gasteiger partial charge < -0.3 is 9.47 Å². The third kappa shape index (κ3) is 6.59. The van der Waals surface area contributed by atoms with Crippen LogP contribution in [0.3, 0.4) is 0 Å². The molecule has 0 fully saturated rings. The van der Waals surface area contributed by atoms with E-state index in [4.69, 9.17) is 9.47 Å². The van der Waals surface area contributed by atoms with Gasteiger partial charge in [0.2, 0.25) is 0 Å². The molecule has 0 aromatic heterocycles. The SMILES string of the molecule is CCCCN(C(=O)OCC)C(c1ccccc1)c1c(C)cc(C(C)(C)C)cc1C(=O)OCC. The molecule has 0 saturated carbocycles. The number of esters is 1. The number of aryl methyl sites for hydroxylation is 1. The van der Waals surface area contributed by atoms with Gasteiger partial charge in [-0.3, -0.25) is 4.90 Å². The van der Waals surface area contributed by atoms with Crippen molar-refractivity contribution in [2.45, 2.75) is 72.8 Å². The highest BCUT2D eigenvalue weighted by atomic mass is 16.6. The Balaban J connectivity index is 2.84. The van der Waals surface area contributed by atoms with E-state index in [9.17, 15) is 9.59 Å². The third-order valence-corrected chi connectivity index (χ3v) is 5.70. The Hall–Kier alpha value is -2.82. The normalized spacial score (nSPS) is 12.2. The zero-order chi connectivity index (χ0) is 24.6. The monoisotopic (exact) mass is 453 g/mol. The molecule has 180 valence electrons. The molecule has 0 radical (unpaired) electrons. The Morgan fingerprint density at radius 2 is 1.61 bits per heavy atom. The molecule has 0 saturated heterocycles. The van der Waals surface area contributed by atoms with Gasteiger partial charge in [-0.25, -0.2) is 9.59 Å². The maximum absolute atomic E-state index is 13.2. The lowest BCUT2D eigenvalue weighted by molar-refractivity contribution is 0.0519. The average molecular weight is 454 g/mol. The zero-order valence-corrected chi connectivity index (χ0v) is 21.2. The van der Waals surface area contributed by atoms with Gasteiger partial charge in [0.25, 0.3) is 0 Å². The summed E-state index contributed by atoms with van der Waals surface area (Å²) in [5.41, 5.74) is 4.08. The van der Waals surface area contributed by atoms with Crippen molar-refractivity contribution in [2.75, 3.05) is 19.8 Å². The van der Waals surface area contributed by atoms with E-state index >= 15 is 0 Å². The first-order valence-corrected chi connectivity index (χ1v) is 12.0. The number of ether oxygens (including phenoxy) is 2. The molecule has 0 bridgehead atoms. The number of unbranched alkanes of at least 4 members (excludes halogenated alkanes) is 1. The fourth-order valence-electron chi connectivity index (χ4n) is 3.97. The Morgan fingerprint density at radius 3 is 2.15 bits per heavy atom. The molecule has 1 amide bonds. The highest BCUT2D eigenvalue weighted by Gasteiger charge is 2.33. The lowest BCUT2D eigenvalue weighted by Crippen LogP contribution is -2.38. The Bertz CT molecular complexity index is 931. The van der Waals surface area contributed by atoms with Gasteiger partial charge in [0.1, 0.15) is 0 Å². The quantitative estimate of drug-likeness (QED) is 0.391. The number of rotatable bonds is 9. The molecule has 2 rings (SSSR count). The van der Waals surface area contributed by atoms with Gasteiger partial charge in [-0.15, -0.1) is 0 Å². The van der Waals surface area contributed by atoms with Crippen molar-refractivity contribution in [3.05, 3.63) is 70.3 Å². The number of benzene rings is 2. The van der Waals surface area contributed by atoms with Crippen LogP contribution >= 0.6 is 0 Å². The van der Waals surface area contributed by atoms with Crippen molar-refractivity contribution in [1.29, 1.82) is 0 Å². The number of carbonyl (C=O) groups excluding carboxylic acids is 2. The fourth-order valence-corrected chi connectivity index (χ4v) is 3.97. The van der Waals surface area contributed by atoms with Crippen LogP contribution in [0.5, 0.6) is 0 Å². The predicted octanol–water partition coefficient (Wildman–Crippen LogP) is 6.82. The molecule has 0 aliphatic carbocycles. The maximum Gasteiger partial charge on any atom is 0.410 e. The van der Waals surface area contributed by atoms with Crippen LogP contribution in [0, 0.1) is 6.92 Å². The molecule has 0 spiro atoms. The summed E-state index contributed by atoms with van der Waals surface area (Å²) in [6, 6.07) is 13.4. The van der Waals surface area contributed by atoms with Crippen molar-refractivity contribution in [3.8, 4) is 0 Å². The number of nitrogens with zero attached hydrogens (tertiary/aromatic N) is 1. The number of amides is 1. The lowest BCUT2D eigenvalue weighted by atomic mass is 9.81. The second kappa shape index (κ2) is 11.9. The van der Waals surface area contributed by atoms with Gasteiger partial charge in [0.05, 0.1) is 24.8 Å². The van der Waals surface area contributed by atoms with E-state index in [1.807, 2.05) is 43.3 Å². The first-order valence-electron chi connectivity index (χ1n) is 12.0. The van der Waals surface area contributed by atoms with E-state index in [1.54, 1.807) is 18.7 Å². The van der Waals surface area contributed by atoms with Gasteiger partial charge in [0, 0.05) is 6.54 Å². The summed E-state index contributed by atoms with van der Waals surface area (Å²) in [5, 5.41) is 0. The van der Waals surface area contributed by atoms with Gasteiger partial charge in [-0.2, -0.15) is 0 Å². The van der Waals surface area contributed by atoms with Gasteiger partial charge in [-0.05, 0) is 60.9 Å². The summed E-state index contributed by atoms with van der Waals surface area (Å²) >= 11 is 0. The third-order valence-electron chi connectivity index (χ3n) is 5.70. The van der Waals surface area contributed by atoms with Crippen LogP contribution in [0.25, 0.3) is 0 Å². The molecular weight excluding hydrogens is 414 g/mol. The summed E-state index contributed by atoms with van der Waals surface area (Å²) in [4.78, 5) is 28.1. The second-order valence-electron chi connectivity index (χ2n) is 9.28. The van der Waals surface area contributed by atoms with Gasteiger partial charge in [-0.1, -0.05) is 70.5 Å². The summed E-state index contributed by atoms with van der Waals surface area (Å²) < 4.78 is 10.9. The molecule has 33 heavy (non-hydrogen) atoms. The Labute approximate surface area is 199 Å². The van der Waals surface area contributed by atoms with Crippen LogP contribution in [0.1, 0.15) is 93.0 Å². The van der Waals surface area contributed by atoms with Crippen molar-refractivity contribution in [1.82, 2.24) is 4.90 Å². The molecule has 0 heterocycles. The van der Waals surface area contributed by atoms with Gasteiger partial charge >= 0.3 is 12.1 Å². The standard InChI is InChI=1S/C28H39NO4/c1-8-11-17-29(27(31)33-10-3)25(21-15-13-12-14-16-21)24-20(4)18-22(28(5,6)7)19-23(24)26(30)32-9-2/h12-16,18-19,25H,8-11,17H2,1-7H3. The number of hydrogen-bond donors (Lipinski definition) is 0. The van der Waals surface area contributed by atoms with Crippen molar-refractivity contribution >= 4 is 12.1 Å². The molecule has 0 aliphatic rings. The molecule has 1 atom stereocenters. The molecular formula is C28H39NO4. The zero-order valence-electron chi connectivity index (χ0n) is 21.2. The van der Waals surface area contributed by atoms with E-state index in [2.05, 4.69) is 33.8 Å². The molecule has 0 aliphatic heterocycles. The van der Waals surface area contributed by atoms with Crippen LogP contribution in [-0.4, -0.2) is 36.7 Å². The summed E-state index contributed by atoms with van der Waals surface area (Å²) in [6.45, 7) is 15.2. The summed E-state index contributed by atoms with van der Waals surface area (Å²) in [6.07, 6.45) is 1.38. The largest absolute Gasteiger partial charge is 0.462 e. The first kappa shape index (κ1) is 26.4. The average Bonchev–Trinajstić information content (AvgIpc) is 2.77. The van der Waals surface area contributed by atoms with Crippen LogP contribution in [0.15, 0.2) is 42.5 Å². The first-order chi connectivity index (χ1) is 15.6. The topological polar surface area (TPSA) is 55.8 Å². The molecule has 1 unspecified atom stereocenters. The maximum atomic E-state index is 13.2. The smallest absolute Gasteiger partial charge is 0.410 e. The van der Waals surface area contributed by atoms with E-state index in [0.29, 0.717) is 12.1 Å². The van der Waals surface area contributed by atoms with Crippen molar-refractivity contribution < 1.29 is 19.1 Å². The summed E-state index contributed by atoms with van der Waals surface area (Å²) in [5.74, 6) is -0.373. The second-order valence-corrected chi connectivity index (χ2v) is 9.28. The van der Waals surface area contributed by atoms with Crippen LogP contribution in [0.2, 0.25) is 0 Å². The lowest BCUT2D eigenvalue weighted by Gasteiger charge is -2.34. The van der Waals surface area contributed by atoms with Gasteiger partial charge in [0.15, 0.2) is 0 Å². The minimum absolute atomic E-state index is 0.143. The highest BCUT2D eigenvalue weighted by molar-refractivity contribution is 5.92.